The van der Waals surface area contributed by atoms with Crippen molar-refractivity contribution < 1.29 is 4.74 Å². The molecule has 0 spiro atoms. The second kappa shape index (κ2) is 7.34. The number of nitrogens with zero attached hydrogens (tertiary/aromatic N) is 2. The quantitative estimate of drug-likeness (QED) is 0.776. The number of hydrogen-bond acceptors (Lipinski definition) is 4. The molecule has 1 aromatic heterocycles. The summed E-state index contributed by atoms with van der Waals surface area (Å²) in [5.41, 5.74) is 1.30. The van der Waals surface area contributed by atoms with Crippen LogP contribution in [0.2, 0.25) is 0 Å². The second-order valence-corrected chi connectivity index (χ2v) is 4.86. The Morgan fingerprint density at radius 1 is 1.44 bits per heavy atom. The minimum Gasteiger partial charge on any atom is -0.383 e. The van der Waals surface area contributed by atoms with Gasteiger partial charge in [-0.15, -0.1) is 0 Å². The van der Waals surface area contributed by atoms with E-state index in [0.717, 1.165) is 32.2 Å². The van der Waals surface area contributed by atoms with Crippen LogP contribution in [0.4, 0.5) is 5.69 Å². The standard InChI is InChI=1S/C14H23N3O/c1-18-10-8-16-11-13-3-2-9-17(12-13)14-4-6-15-7-5-14/h4-7,13,16H,2-3,8-12H2,1H3. The van der Waals surface area contributed by atoms with Crippen LogP contribution in [0.3, 0.4) is 0 Å². The predicted molar refractivity (Wildman–Crippen MR) is 73.9 cm³/mol. The summed E-state index contributed by atoms with van der Waals surface area (Å²) in [7, 11) is 1.74. The first-order chi connectivity index (χ1) is 8.90. The minimum atomic E-state index is 0.740. The molecule has 1 aromatic rings. The molecular formula is C14H23N3O. The Labute approximate surface area is 109 Å². The van der Waals surface area contributed by atoms with Crippen molar-refractivity contribution in [3.8, 4) is 0 Å². The van der Waals surface area contributed by atoms with Crippen LogP contribution in [0.15, 0.2) is 24.5 Å². The first kappa shape index (κ1) is 13.3. The van der Waals surface area contributed by atoms with Crippen LogP contribution in [0.25, 0.3) is 0 Å². The van der Waals surface area contributed by atoms with E-state index in [4.69, 9.17) is 4.74 Å². The lowest BCUT2D eigenvalue weighted by Crippen LogP contribution is -2.40. The van der Waals surface area contributed by atoms with Gasteiger partial charge in [0.25, 0.3) is 0 Å². The molecule has 1 saturated heterocycles. The molecule has 2 heterocycles. The molecule has 1 aliphatic rings. The zero-order chi connectivity index (χ0) is 12.6. The summed E-state index contributed by atoms with van der Waals surface area (Å²) in [6.45, 7) is 5.14. The summed E-state index contributed by atoms with van der Waals surface area (Å²) < 4.78 is 5.04. The lowest BCUT2D eigenvalue weighted by Gasteiger charge is -2.34. The third kappa shape index (κ3) is 3.96. The van der Waals surface area contributed by atoms with Crippen molar-refractivity contribution in [3.63, 3.8) is 0 Å². The summed E-state index contributed by atoms with van der Waals surface area (Å²) in [6, 6.07) is 4.20. The van der Waals surface area contributed by atoms with Gasteiger partial charge >= 0.3 is 0 Å². The van der Waals surface area contributed by atoms with E-state index in [9.17, 15) is 0 Å². The van der Waals surface area contributed by atoms with Gasteiger partial charge in [-0.1, -0.05) is 0 Å². The highest BCUT2D eigenvalue weighted by atomic mass is 16.5. The first-order valence-electron chi connectivity index (χ1n) is 6.75. The molecule has 1 atom stereocenters. The molecule has 4 heteroatoms. The third-order valence-corrected chi connectivity index (χ3v) is 3.46. The highest BCUT2D eigenvalue weighted by molar-refractivity contribution is 5.44. The minimum absolute atomic E-state index is 0.740. The molecule has 100 valence electrons. The summed E-state index contributed by atoms with van der Waals surface area (Å²) in [5.74, 6) is 0.740. The molecule has 1 fully saturated rings. The maximum atomic E-state index is 5.04. The Bertz CT molecular complexity index is 331. The molecule has 0 saturated carbocycles. The molecule has 0 aliphatic carbocycles. The molecule has 1 aliphatic heterocycles. The summed E-state index contributed by atoms with van der Waals surface area (Å²) >= 11 is 0. The van der Waals surface area contributed by atoms with Crippen LogP contribution >= 0.6 is 0 Å². The monoisotopic (exact) mass is 249 g/mol. The number of ether oxygens (including phenoxy) is 1. The van der Waals surface area contributed by atoms with Crippen molar-refractivity contribution in [2.75, 3.05) is 44.8 Å². The molecule has 2 rings (SSSR count). The van der Waals surface area contributed by atoms with Gasteiger partial charge in [0.15, 0.2) is 0 Å². The molecule has 0 aromatic carbocycles. The average molecular weight is 249 g/mol. The van der Waals surface area contributed by atoms with Crippen molar-refractivity contribution >= 4 is 5.69 Å². The number of anilines is 1. The fourth-order valence-corrected chi connectivity index (χ4v) is 2.50. The Morgan fingerprint density at radius 2 is 2.28 bits per heavy atom. The Kier molecular flexibility index (Phi) is 5.42. The van der Waals surface area contributed by atoms with Crippen molar-refractivity contribution in [1.82, 2.24) is 10.3 Å². The Morgan fingerprint density at radius 3 is 3.06 bits per heavy atom. The van der Waals surface area contributed by atoms with Gasteiger partial charge in [-0.25, -0.2) is 0 Å². The van der Waals surface area contributed by atoms with E-state index < -0.39 is 0 Å². The number of pyridine rings is 1. The fraction of sp³-hybridized carbons (Fsp3) is 0.643. The smallest absolute Gasteiger partial charge is 0.0587 e. The van der Waals surface area contributed by atoms with Gasteiger partial charge in [0.1, 0.15) is 0 Å². The van der Waals surface area contributed by atoms with Crippen molar-refractivity contribution in [2.24, 2.45) is 5.92 Å². The van der Waals surface area contributed by atoms with Gasteiger partial charge in [-0.3, -0.25) is 4.98 Å². The maximum absolute atomic E-state index is 5.04. The Hall–Kier alpha value is -1.13. The van der Waals surface area contributed by atoms with E-state index in [1.54, 1.807) is 7.11 Å². The number of piperidine rings is 1. The van der Waals surface area contributed by atoms with Crippen LogP contribution in [-0.2, 0) is 4.74 Å². The number of rotatable bonds is 6. The predicted octanol–water partition coefficient (Wildman–Crippen LogP) is 1.53. The van der Waals surface area contributed by atoms with Gasteiger partial charge < -0.3 is 15.0 Å². The summed E-state index contributed by atoms with van der Waals surface area (Å²) in [5, 5.41) is 3.46. The lowest BCUT2D eigenvalue weighted by atomic mass is 9.97. The van der Waals surface area contributed by atoms with Gasteiger partial charge in [0.05, 0.1) is 6.61 Å². The van der Waals surface area contributed by atoms with Crippen LogP contribution in [-0.4, -0.2) is 44.9 Å². The zero-order valence-electron chi connectivity index (χ0n) is 11.1. The molecule has 0 amide bonds. The van der Waals surface area contributed by atoms with Gasteiger partial charge in [0.2, 0.25) is 0 Å². The van der Waals surface area contributed by atoms with Crippen LogP contribution < -0.4 is 10.2 Å². The van der Waals surface area contributed by atoms with E-state index in [2.05, 4.69) is 27.3 Å². The highest BCUT2D eigenvalue weighted by Crippen LogP contribution is 2.21. The molecule has 1 unspecified atom stereocenters. The summed E-state index contributed by atoms with van der Waals surface area (Å²) in [6.07, 6.45) is 6.34. The highest BCUT2D eigenvalue weighted by Gasteiger charge is 2.19. The second-order valence-electron chi connectivity index (χ2n) is 4.86. The number of nitrogens with one attached hydrogen (secondary N) is 1. The Balaban J connectivity index is 1.78. The van der Waals surface area contributed by atoms with Gasteiger partial charge in [0, 0.05) is 44.8 Å². The lowest BCUT2D eigenvalue weighted by molar-refractivity contribution is 0.197. The van der Waals surface area contributed by atoms with Crippen LogP contribution in [0, 0.1) is 5.92 Å². The van der Waals surface area contributed by atoms with Gasteiger partial charge in [-0.05, 0) is 37.4 Å². The third-order valence-electron chi connectivity index (χ3n) is 3.46. The van der Waals surface area contributed by atoms with E-state index in [0.29, 0.717) is 0 Å². The van der Waals surface area contributed by atoms with E-state index in [-0.39, 0.29) is 0 Å². The summed E-state index contributed by atoms with van der Waals surface area (Å²) in [4.78, 5) is 6.54. The van der Waals surface area contributed by atoms with Crippen molar-refractivity contribution in [2.45, 2.75) is 12.8 Å². The van der Waals surface area contributed by atoms with Crippen molar-refractivity contribution in [1.29, 1.82) is 0 Å². The van der Waals surface area contributed by atoms with Crippen LogP contribution in [0.5, 0.6) is 0 Å². The average Bonchev–Trinajstić information content (AvgIpc) is 2.45. The van der Waals surface area contributed by atoms with Gasteiger partial charge in [-0.2, -0.15) is 0 Å². The molecule has 1 N–H and O–H groups in total. The number of aromatic nitrogens is 1. The van der Waals surface area contributed by atoms with Crippen LogP contribution in [0.1, 0.15) is 12.8 Å². The molecule has 4 nitrogen and oxygen atoms in total. The largest absolute Gasteiger partial charge is 0.383 e. The SMILES string of the molecule is COCCNCC1CCCN(c2ccncc2)C1. The maximum Gasteiger partial charge on any atom is 0.0587 e. The molecule has 0 bridgehead atoms. The van der Waals surface area contributed by atoms with Crippen molar-refractivity contribution in [3.05, 3.63) is 24.5 Å². The first-order valence-corrected chi connectivity index (χ1v) is 6.75. The number of methoxy groups -OCH3 is 1. The number of hydrogen-bond donors (Lipinski definition) is 1. The molecule has 0 radical (unpaired) electrons. The van der Waals surface area contributed by atoms with E-state index in [1.807, 2.05) is 12.4 Å². The zero-order valence-corrected chi connectivity index (χ0v) is 11.1. The fourth-order valence-electron chi connectivity index (χ4n) is 2.50. The molecular weight excluding hydrogens is 226 g/mol. The van der Waals surface area contributed by atoms with E-state index in [1.165, 1.54) is 25.1 Å². The normalized spacial score (nSPS) is 20.1. The van der Waals surface area contributed by atoms with E-state index >= 15 is 0 Å². The topological polar surface area (TPSA) is 37.4 Å². The molecule has 18 heavy (non-hydrogen) atoms.